The normalized spacial score (nSPS) is 13.2. The Labute approximate surface area is 130 Å². The molecule has 3 heterocycles. The summed E-state index contributed by atoms with van der Waals surface area (Å²) in [6.07, 6.45) is 6.39. The summed E-state index contributed by atoms with van der Waals surface area (Å²) < 4.78 is 1.48. The minimum atomic E-state index is -0.0993. The van der Waals surface area contributed by atoms with Gasteiger partial charge in [0.15, 0.2) is 0 Å². The number of hydrogen-bond donors (Lipinski definition) is 0. The highest BCUT2D eigenvalue weighted by molar-refractivity contribution is 7.18. The van der Waals surface area contributed by atoms with Gasteiger partial charge in [-0.2, -0.15) is 5.26 Å². The van der Waals surface area contributed by atoms with Crippen LogP contribution in [0.3, 0.4) is 0 Å². The summed E-state index contributed by atoms with van der Waals surface area (Å²) in [6, 6.07) is 5.69. The average Bonchev–Trinajstić information content (AvgIpc) is 3.11. The van der Waals surface area contributed by atoms with Crippen LogP contribution in [0.2, 0.25) is 0 Å². The molecule has 1 aliphatic carbocycles. The van der Waals surface area contributed by atoms with Crippen LogP contribution in [-0.2, 0) is 19.4 Å². The molecular weight excluding hydrogens is 296 g/mol. The van der Waals surface area contributed by atoms with Crippen molar-refractivity contribution in [1.29, 1.82) is 5.26 Å². The SMILES string of the molecule is N#CCn1c(-c2ccncc2)nc2sc3c(c2c1=O)CCC3. The minimum Gasteiger partial charge on any atom is -0.278 e. The largest absolute Gasteiger partial charge is 0.278 e. The van der Waals surface area contributed by atoms with Crippen LogP contribution in [-0.4, -0.2) is 14.5 Å². The molecule has 0 unspecified atom stereocenters. The number of thiophene rings is 1. The molecule has 108 valence electrons. The van der Waals surface area contributed by atoms with Gasteiger partial charge in [0.25, 0.3) is 5.56 Å². The first kappa shape index (κ1) is 13.2. The minimum absolute atomic E-state index is 0.00402. The molecular formula is C16H12N4OS. The van der Waals surface area contributed by atoms with Gasteiger partial charge < -0.3 is 0 Å². The van der Waals surface area contributed by atoms with Gasteiger partial charge in [-0.15, -0.1) is 11.3 Å². The predicted octanol–water partition coefficient (Wildman–Crippen LogP) is 2.53. The number of fused-ring (bicyclic) bond motifs is 3. The Balaban J connectivity index is 2.07. The Kier molecular flexibility index (Phi) is 3.01. The van der Waals surface area contributed by atoms with Gasteiger partial charge in [0, 0.05) is 22.8 Å². The smallest absolute Gasteiger partial charge is 0.263 e. The van der Waals surface area contributed by atoms with Crippen molar-refractivity contribution in [2.45, 2.75) is 25.8 Å². The second kappa shape index (κ2) is 5.04. The van der Waals surface area contributed by atoms with Crippen molar-refractivity contribution < 1.29 is 0 Å². The molecule has 0 saturated heterocycles. The molecule has 0 amide bonds. The fraction of sp³-hybridized carbons (Fsp3) is 0.250. The molecule has 6 heteroatoms. The van der Waals surface area contributed by atoms with Crippen molar-refractivity contribution in [3.05, 3.63) is 45.3 Å². The molecule has 0 fully saturated rings. The summed E-state index contributed by atoms with van der Waals surface area (Å²) in [6.45, 7) is 0.00402. The van der Waals surface area contributed by atoms with Gasteiger partial charge >= 0.3 is 0 Å². The lowest BCUT2D eigenvalue weighted by Gasteiger charge is -2.09. The van der Waals surface area contributed by atoms with Crippen molar-refractivity contribution in [2.24, 2.45) is 0 Å². The summed E-state index contributed by atoms with van der Waals surface area (Å²) in [4.78, 5) is 23.6. The number of nitriles is 1. The zero-order chi connectivity index (χ0) is 15.1. The third kappa shape index (κ3) is 1.86. The summed E-state index contributed by atoms with van der Waals surface area (Å²) >= 11 is 1.61. The highest BCUT2D eigenvalue weighted by atomic mass is 32.1. The quantitative estimate of drug-likeness (QED) is 0.729. The van der Waals surface area contributed by atoms with E-state index in [1.54, 1.807) is 23.7 Å². The summed E-state index contributed by atoms with van der Waals surface area (Å²) in [5.74, 6) is 0.543. The van der Waals surface area contributed by atoms with E-state index in [0.717, 1.165) is 35.2 Å². The molecule has 0 aromatic carbocycles. The van der Waals surface area contributed by atoms with E-state index in [0.29, 0.717) is 11.2 Å². The molecule has 3 aromatic rings. The van der Waals surface area contributed by atoms with Crippen molar-refractivity contribution in [3.8, 4) is 17.5 Å². The number of nitrogens with zero attached hydrogens (tertiary/aromatic N) is 4. The first-order valence-electron chi connectivity index (χ1n) is 7.12. The topological polar surface area (TPSA) is 71.6 Å². The van der Waals surface area contributed by atoms with Crippen LogP contribution in [0.5, 0.6) is 0 Å². The van der Waals surface area contributed by atoms with Crippen LogP contribution in [0.15, 0.2) is 29.3 Å². The maximum atomic E-state index is 12.9. The molecule has 4 rings (SSSR count). The molecule has 0 atom stereocenters. The molecule has 0 saturated carbocycles. The molecule has 1 aliphatic rings. The maximum Gasteiger partial charge on any atom is 0.263 e. The summed E-state index contributed by atoms with van der Waals surface area (Å²) in [7, 11) is 0. The second-order valence-corrected chi connectivity index (χ2v) is 6.34. The van der Waals surface area contributed by atoms with Crippen molar-refractivity contribution in [2.75, 3.05) is 0 Å². The predicted molar refractivity (Wildman–Crippen MR) is 84.7 cm³/mol. The Morgan fingerprint density at radius 3 is 2.91 bits per heavy atom. The lowest BCUT2D eigenvalue weighted by molar-refractivity contribution is 0.787. The fourth-order valence-electron chi connectivity index (χ4n) is 3.02. The Morgan fingerprint density at radius 1 is 1.32 bits per heavy atom. The molecule has 5 nitrogen and oxygen atoms in total. The fourth-order valence-corrected chi connectivity index (χ4v) is 4.27. The molecule has 0 spiro atoms. The van der Waals surface area contributed by atoms with Crippen LogP contribution in [0.4, 0.5) is 0 Å². The monoisotopic (exact) mass is 308 g/mol. The Hall–Kier alpha value is -2.52. The van der Waals surface area contributed by atoms with E-state index in [4.69, 9.17) is 10.2 Å². The van der Waals surface area contributed by atoms with Crippen LogP contribution < -0.4 is 5.56 Å². The third-order valence-corrected chi connectivity index (χ3v) is 5.18. The zero-order valence-electron chi connectivity index (χ0n) is 11.7. The van der Waals surface area contributed by atoms with E-state index in [9.17, 15) is 4.79 Å². The van der Waals surface area contributed by atoms with Crippen LogP contribution in [0.1, 0.15) is 16.9 Å². The summed E-state index contributed by atoms with van der Waals surface area (Å²) in [5, 5.41) is 9.80. The van der Waals surface area contributed by atoms with E-state index >= 15 is 0 Å². The highest BCUT2D eigenvalue weighted by Crippen LogP contribution is 2.35. The molecule has 0 aliphatic heterocycles. The first-order valence-corrected chi connectivity index (χ1v) is 7.93. The second-order valence-electron chi connectivity index (χ2n) is 5.26. The molecule has 0 radical (unpaired) electrons. The van der Waals surface area contributed by atoms with E-state index < -0.39 is 0 Å². The van der Waals surface area contributed by atoms with E-state index in [2.05, 4.69) is 11.1 Å². The highest BCUT2D eigenvalue weighted by Gasteiger charge is 2.23. The number of aromatic nitrogens is 3. The number of pyridine rings is 1. The lowest BCUT2D eigenvalue weighted by Crippen LogP contribution is -2.23. The van der Waals surface area contributed by atoms with Gasteiger partial charge in [-0.25, -0.2) is 4.98 Å². The van der Waals surface area contributed by atoms with E-state index in [1.165, 1.54) is 9.44 Å². The van der Waals surface area contributed by atoms with Gasteiger partial charge in [0.05, 0.1) is 11.5 Å². The molecule has 0 bridgehead atoms. The van der Waals surface area contributed by atoms with Crippen molar-refractivity contribution in [3.63, 3.8) is 0 Å². The summed E-state index contributed by atoms with van der Waals surface area (Å²) in [5.41, 5.74) is 1.85. The first-order chi connectivity index (χ1) is 10.8. The Bertz CT molecular complexity index is 966. The third-order valence-electron chi connectivity index (χ3n) is 3.99. The van der Waals surface area contributed by atoms with E-state index in [-0.39, 0.29) is 12.1 Å². The van der Waals surface area contributed by atoms with Gasteiger partial charge in [-0.05, 0) is 37.0 Å². The van der Waals surface area contributed by atoms with Crippen LogP contribution >= 0.6 is 11.3 Å². The average molecular weight is 308 g/mol. The molecule has 3 aromatic heterocycles. The van der Waals surface area contributed by atoms with Gasteiger partial charge in [-0.3, -0.25) is 14.3 Å². The number of hydrogen-bond acceptors (Lipinski definition) is 5. The maximum absolute atomic E-state index is 12.9. The van der Waals surface area contributed by atoms with Crippen LogP contribution in [0.25, 0.3) is 21.6 Å². The standard InChI is InChI=1S/C16H12N4OS/c17-6-9-20-14(10-4-7-18-8-5-10)19-15-13(16(20)21)11-2-1-3-12(11)22-15/h4-5,7-8H,1-3,9H2. The number of rotatable bonds is 2. The number of aryl methyl sites for hydroxylation is 2. The molecule has 0 N–H and O–H groups in total. The van der Waals surface area contributed by atoms with E-state index in [1.807, 2.05) is 12.1 Å². The lowest BCUT2D eigenvalue weighted by atomic mass is 10.2. The Morgan fingerprint density at radius 2 is 2.14 bits per heavy atom. The molecule has 22 heavy (non-hydrogen) atoms. The van der Waals surface area contributed by atoms with Gasteiger partial charge in [0.1, 0.15) is 17.2 Å². The van der Waals surface area contributed by atoms with Gasteiger partial charge in [-0.1, -0.05) is 0 Å². The van der Waals surface area contributed by atoms with Crippen molar-refractivity contribution >= 4 is 21.6 Å². The zero-order valence-corrected chi connectivity index (χ0v) is 12.6. The van der Waals surface area contributed by atoms with Crippen LogP contribution in [0, 0.1) is 11.3 Å². The van der Waals surface area contributed by atoms with Gasteiger partial charge in [0.2, 0.25) is 0 Å². The van der Waals surface area contributed by atoms with Crippen molar-refractivity contribution in [1.82, 2.24) is 14.5 Å².